The molecule has 2 aromatic carbocycles. The molecule has 0 aliphatic heterocycles. The van der Waals surface area contributed by atoms with E-state index in [1.807, 2.05) is 50.2 Å². The summed E-state index contributed by atoms with van der Waals surface area (Å²) in [5.41, 5.74) is 4.46. The van der Waals surface area contributed by atoms with Gasteiger partial charge in [-0.15, -0.1) is 0 Å². The zero-order valence-corrected chi connectivity index (χ0v) is 17.2. The quantitative estimate of drug-likeness (QED) is 0.644. The molecule has 2 N–H and O–H groups in total. The molecule has 157 valence electrons. The Bertz CT molecular complexity index is 891. The number of alkyl carbamates (subject to hydrolysis) is 1. The van der Waals surface area contributed by atoms with Gasteiger partial charge in [0.15, 0.2) is 5.78 Å². The average Bonchev–Trinajstić information content (AvgIpc) is 3.02. The highest BCUT2D eigenvalue weighted by Crippen LogP contribution is 2.44. The van der Waals surface area contributed by atoms with Crippen LogP contribution in [0, 0.1) is 5.92 Å². The molecular formula is C24H26NO5. The summed E-state index contributed by atoms with van der Waals surface area (Å²) in [6.07, 6.45) is -0.697. The van der Waals surface area contributed by atoms with Gasteiger partial charge in [0, 0.05) is 18.8 Å². The van der Waals surface area contributed by atoms with E-state index in [0.717, 1.165) is 28.2 Å². The van der Waals surface area contributed by atoms with Gasteiger partial charge >= 0.3 is 12.1 Å². The Hall–Kier alpha value is -3.15. The van der Waals surface area contributed by atoms with E-state index in [1.165, 1.54) is 0 Å². The minimum absolute atomic E-state index is 0.0334. The molecule has 1 aliphatic carbocycles. The number of Topliss-reactive ketones (excluding diaryl/α,β-unsaturated/α-hetero) is 1. The summed E-state index contributed by atoms with van der Waals surface area (Å²) in [6, 6.07) is 15.2. The number of carbonyl (C=O) groups excluding carboxylic acids is 2. The van der Waals surface area contributed by atoms with Gasteiger partial charge in [-0.3, -0.25) is 9.59 Å². The summed E-state index contributed by atoms with van der Waals surface area (Å²) in [4.78, 5) is 35.7. The van der Waals surface area contributed by atoms with Crippen molar-refractivity contribution in [1.82, 2.24) is 5.32 Å². The maximum atomic E-state index is 12.4. The number of aliphatic carboxylic acids is 1. The van der Waals surface area contributed by atoms with Gasteiger partial charge in [0.05, 0.1) is 6.04 Å². The maximum Gasteiger partial charge on any atom is 0.407 e. The van der Waals surface area contributed by atoms with Crippen molar-refractivity contribution in [1.29, 1.82) is 0 Å². The minimum Gasteiger partial charge on any atom is -0.481 e. The molecule has 6 heteroatoms. The normalized spacial score (nSPS) is 13.4. The van der Waals surface area contributed by atoms with Gasteiger partial charge in [0.2, 0.25) is 0 Å². The fourth-order valence-corrected chi connectivity index (χ4v) is 3.84. The average molecular weight is 408 g/mol. The number of ketones is 1. The van der Waals surface area contributed by atoms with Crippen LogP contribution in [0.1, 0.15) is 50.2 Å². The van der Waals surface area contributed by atoms with Crippen LogP contribution in [0.4, 0.5) is 4.79 Å². The monoisotopic (exact) mass is 408 g/mol. The number of benzene rings is 2. The van der Waals surface area contributed by atoms with E-state index in [-0.39, 0.29) is 37.6 Å². The first-order valence-corrected chi connectivity index (χ1v) is 10.0. The van der Waals surface area contributed by atoms with Crippen LogP contribution >= 0.6 is 0 Å². The molecule has 0 heterocycles. The molecule has 0 saturated heterocycles. The summed E-state index contributed by atoms with van der Waals surface area (Å²) in [5.74, 6) is -0.415. The Balaban J connectivity index is 1.66. The highest BCUT2D eigenvalue weighted by molar-refractivity contribution is 5.89. The van der Waals surface area contributed by atoms with Crippen molar-refractivity contribution in [3.8, 4) is 11.1 Å². The van der Waals surface area contributed by atoms with Gasteiger partial charge in [-0.2, -0.15) is 0 Å². The van der Waals surface area contributed by atoms with E-state index in [9.17, 15) is 14.4 Å². The van der Waals surface area contributed by atoms with Crippen molar-refractivity contribution < 1.29 is 24.2 Å². The van der Waals surface area contributed by atoms with E-state index in [1.54, 1.807) is 0 Å². The minimum atomic E-state index is -1.01. The van der Waals surface area contributed by atoms with E-state index >= 15 is 0 Å². The summed E-state index contributed by atoms with van der Waals surface area (Å²) < 4.78 is 5.48. The van der Waals surface area contributed by atoms with Crippen LogP contribution in [0.5, 0.6) is 0 Å². The number of carboxylic acids is 1. The first kappa shape index (κ1) is 21.6. The van der Waals surface area contributed by atoms with Crippen molar-refractivity contribution in [3.63, 3.8) is 0 Å². The number of nitrogens with one attached hydrogen (secondary N) is 1. The lowest BCUT2D eigenvalue weighted by Gasteiger charge is -2.19. The van der Waals surface area contributed by atoms with Crippen LogP contribution < -0.4 is 5.32 Å². The fourth-order valence-electron chi connectivity index (χ4n) is 3.84. The van der Waals surface area contributed by atoms with Crippen molar-refractivity contribution in [2.75, 3.05) is 6.61 Å². The Morgan fingerprint density at radius 3 is 2.10 bits per heavy atom. The van der Waals surface area contributed by atoms with Crippen LogP contribution in [0.15, 0.2) is 48.5 Å². The fraction of sp³-hybridized carbons (Fsp3) is 0.333. The SMILES string of the molecule is C[C](C)CC(=O)[C@@H](CCC(=O)O)NC(=O)OCC1c2ccccc2-c2ccccc21. The van der Waals surface area contributed by atoms with Crippen molar-refractivity contribution in [2.24, 2.45) is 0 Å². The first-order valence-electron chi connectivity index (χ1n) is 10.0. The third kappa shape index (κ3) is 5.06. The summed E-state index contributed by atoms with van der Waals surface area (Å²) in [7, 11) is 0. The lowest BCUT2D eigenvalue weighted by atomic mass is 9.98. The topological polar surface area (TPSA) is 92.7 Å². The second kappa shape index (κ2) is 9.57. The summed E-state index contributed by atoms with van der Waals surface area (Å²) >= 11 is 0. The van der Waals surface area contributed by atoms with Gasteiger partial charge in [-0.1, -0.05) is 62.4 Å². The number of fused-ring (bicyclic) bond motifs is 3. The molecule has 0 spiro atoms. The van der Waals surface area contributed by atoms with E-state index in [0.29, 0.717) is 0 Å². The molecule has 6 nitrogen and oxygen atoms in total. The maximum absolute atomic E-state index is 12.4. The number of ether oxygens (including phenoxy) is 1. The smallest absolute Gasteiger partial charge is 0.407 e. The number of carboxylic acid groups (broad SMARTS) is 1. The number of amides is 1. The summed E-state index contributed by atoms with van der Waals surface area (Å²) in [6.45, 7) is 3.78. The number of hydrogen-bond donors (Lipinski definition) is 2. The van der Waals surface area contributed by atoms with Crippen molar-refractivity contribution >= 4 is 17.8 Å². The molecule has 30 heavy (non-hydrogen) atoms. The van der Waals surface area contributed by atoms with E-state index in [2.05, 4.69) is 17.4 Å². The highest BCUT2D eigenvalue weighted by atomic mass is 16.5. The van der Waals surface area contributed by atoms with Crippen LogP contribution in [0.25, 0.3) is 11.1 Å². The van der Waals surface area contributed by atoms with Crippen LogP contribution in [0.3, 0.4) is 0 Å². The molecular weight excluding hydrogens is 382 g/mol. The summed E-state index contributed by atoms with van der Waals surface area (Å²) in [5, 5.41) is 11.5. The van der Waals surface area contributed by atoms with Gasteiger partial charge in [0.25, 0.3) is 0 Å². The van der Waals surface area contributed by atoms with Crippen LogP contribution in [-0.4, -0.2) is 35.6 Å². The van der Waals surface area contributed by atoms with Crippen molar-refractivity contribution in [3.05, 3.63) is 65.6 Å². The zero-order chi connectivity index (χ0) is 21.7. The second-order valence-electron chi connectivity index (χ2n) is 7.81. The van der Waals surface area contributed by atoms with Crippen molar-refractivity contribution in [2.45, 2.75) is 45.1 Å². The molecule has 1 atom stereocenters. The van der Waals surface area contributed by atoms with E-state index < -0.39 is 18.1 Å². The molecule has 2 aromatic rings. The van der Waals surface area contributed by atoms with E-state index in [4.69, 9.17) is 9.84 Å². The predicted molar refractivity (Wildman–Crippen MR) is 113 cm³/mol. The van der Waals surface area contributed by atoms with Gasteiger partial charge < -0.3 is 15.2 Å². The third-order valence-electron chi connectivity index (χ3n) is 5.20. The zero-order valence-electron chi connectivity index (χ0n) is 17.2. The Kier molecular flexibility index (Phi) is 6.87. The molecule has 3 rings (SSSR count). The molecule has 0 bridgehead atoms. The second-order valence-corrected chi connectivity index (χ2v) is 7.81. The number of carbonyl (C=O) groups is 3. The molecule has 1 amide bonds. The lowest BCUT2D eigenvalue weighted by Crippen LogP contribution is -2.42. The Morgan fingerprint density at radius 2 is 1.57 bits per heavy atom. The van der Waals surface area contributed by atoms with Gasteiger partial charge in [0.1, 0.15) is 6.61 Å². The van der Waals surface area contributed by atoms with Gasteiger partial charge in [-0.05, 0) is 34.6 Å². The lowest BCUT2D eigenvalue weighted by molar-refractivity contribution is -0.137. The number of hydrogen-bond acceptors (Lipinski definition) is 4. The molecule has 0 aromatic heterocycles. The molecule has 0 unspecified atom stereocenters. The van der Waals surface area contributed by atoms with Gasteiger partial charge in [-0.25, -0.2) is 4.79 Å². The predicted octanol–water partition coefficient (Wildman–Crippen LogP) is 4.33. The molecule has 1 aliphatic rings. The largest absolute Gasteiger partial charge is 0.481 e. The van der Waals surface area contributed by atoms with Crippen LogP contribution in [0.2, 0.25) is 0 Å². The van der Waals surface area contributed by atoms with Crippen LogP contribution in [-0.2, 0) is 14.3 Å². The number of rotatable bonds is 9. The Morgan fingerprint density at radius 1 is 1.00 bits per heavy atom. The third-order valence-corrected chi connectivity index (χ3v) is 5.20. The highest BCUT2D eigenvalue weighted by Gasteiger charge is 2.30. The molecule has 1 radical (unpaired) electrons. The first-order chi connectivity index (χ1) is 14.4. The Labute approximate surface area is 176 Å². The standard InChI is InChI=1S/C24H26NO5/c1-15(2)13-22(26)21(11-12-23(27)28)25-24(29)30-14-20-18-9-5-3-7-16(18)17-8-4-6-10-19(17)20/h3-10,20-21H,11-14H2,1-2H3,(H,25,29)(H,27,28)/t21-/m1/s1. The molecule has 0 saturated carbocycles. The molecule has 0 fully saturated rings.